The smallest absolute Gasteiger partial charge is 0.326 e. The summed E-state index contributed by atoms with van der Waals surface area (Å²) in [7, 11) is 1.33. The van der Waals surface area contributed by atoms with Crippen LogP contribution in [0.2, 0.25) is 0 Å². The molecule has 0 aliphatic heterocycles. The summed E-state index contributed by atoms with van der Waals surface area (Å²) in [4.78, 5) is 22.5. The SMILES string of the molecule is CCC[C@H](NC(=O)Nc1ccc(OC)c(F)c1)C(=O)O. The summed E-state index contributed by atoms with van der Waals surface area (Å²) >= 11 is 0. The van der Waals surface area contributed by atoms with Crippen molar-refractivity contribution in [1.29, 1.82) is 0 Å². The van der Waals surface area contributed by atoms with Gasteiger partial charge in [0.05, 0.1) is 7.11 Å². The molecule has 0 spiro atoms. The molecule has 1 atom stereocenters. The van der Waals surface area contributed by atoms with Crippen LogP contribution in [0.1, 0.15) is 19.8 Å². The number of benzene rings is 1. The molecule has 0 aromatic heterocycles. The number of rotatable bonds is 6. The molecular formula is C13H17FN2O4. The summed E-state index contributed by atoms with van der Waals surface area (Å²) in [5, 5.41) is 13.6. The highest BCUT2D eigenvalue weighted by atomic mass is 19.1. The summed E-state index contributed by atoms with van der Waals surface area (Å²) in [6, 6.07) is 2.25. The molecule has 7 heteroatoms. The number of ether oxygens (including phenoxy) is 1. The number of amides is 2. The van der Waals surface area contributed by atoms with Gasteiger partial charge in [0.2, 0.25) is 0 Å². The Bertz CT molecular complexity index is 493. The summed E-state index contributed by atoms with van der Waals surface area (Å²) in [5.41, 5.74) is 0.210. The third-order valence-electron chi connectivity index (χ3n) is 2.59. The Balaban J connectivity index is 2.66. The van der Waals surface area contributed by atoms with E-state index in [0.29, 0.717) is 12.8 Å². The quantitative estimate of drug-likeness (QED) is 0.747. The van der Waals surface area contributed by atoms with E-state index < -0.39 is 23.9 Å². The molecule has 2 amide bonds. The lowest BCUT2D eigenvalue weighted by atomic mass is 10.2. The molecular weight excluding hydrogens is 267 g/mol. The van der Waals surface area contributed by atoms with Gasteiger partial charge in [0.25, 0.3) is 0 Å². The number of hydrogen-bond donors (Lipinski definition) is 3. The number of aliphatic carboxylic acids is 1. The average Bonchev–Trinajstić information content (AvgIpc) is 2.38. The molecule has 20 heavy (non-hydrogen) atoms. The number of carboxylic acid groups (broad SMARTS) is 1. The van der Waals surface area contributed by atoms with Crippen LogP contribution >= 0.6 is 0 Å². The van der Waals surface area contributed by atoms with E-state index in [9.17, 15) is 14.0 Å². The van der Waals surface area contributed by atoms with Crippen LogP contribution in [0.5, 0.6) is 5.75 Å². The molecule has 0 radical (unpaired) electrons. The van der Waals surface area contributed by atoms with Gasteiger partial charge in [-0.2, -0.15) is 0 Å². The molecule has 0 fully saturated rings. The summed E-state index contributed by atoms with van der Waals surface area (Å²) in [6.45, 7) is 1.81. The average molecular weight is 284 g/mol. The number of methoxy groups -OCH3 is 1. The summed E-state index contributed by atoms with van der Waals surface area (Å²) in [6.07, 6.45) is 0.939. The number of anilines is 1. The van der Waals surface area contributed by atoms with Crippen LogP contribution in [-0.2, 0) is 4.79 Å². The molecule has 1 aromatic carbocycles. The molecule has 1 rings (SSSR count). The summed E-state index contributed by atoms with van der Waals surface area (Å²) < 4.78 is 18.2. The first-order chi connectivity index (χ1) is 9.47. The minimum atomic E-state index is -1.11. The molecule has 3 N–H and O–H groups in total. The molecule has 0 aliphatic carbocycles. The monoisotopic (exact) mass is 284 g/mol. The molecule has 0 saturated carbocycles. The van der Waals surface area contributed by atoms with Crippen LogP contribution in [0.25, 0.3) is 0 Å². The molecule has 0 aliphatic rings. The zero-order chi connectivity index (χ0) is 15.1. The van der Waals surface area contributed by atoms with E-state index in [1.165, 1.54) is 19.2 Å². The van der Waals surface area contributed by atoms with Crippen molar-refractivity contribution >= 4 is 17.7 Å². The van der Waals surface area contributed by atoms with Gasteiger partial charge in [0.15, 0.2) is 11.6 Å². The molecule has 1 aromatic rings. The van der Waals surface area contributed by atoms with Crippen LogP contribution in [0.15, 0.2) is 18.2 Å². The highest BCUT2D eigenvalue weighted by Crippen LogP contribution is 2.20. The zero-order valence-corrected chi connectivity index (χ0v) is 11.3. The third-order valence-corrected chi connectivity index (χ3v) is 2.59. The number of halogens is 1. The van der Waals surface area contributed by atoms with Crippen molar-refractivity contribution in [2.75, 3.05) is 12.4 Å². The topological polar surface area (TPSA) is 87.7 Å². The minimum absolute atomic E-state index is 0.0605. The predicted molar refractivity (Wildman–Crippen MR) is 71.4 cm³/mol. The Morgan fingerprint density at radius 3 is 2.65 bits per heavy atom. The Hall–Kier alpha value is -2.31. The molecule has 0 unspecified atom stereocenters. The maximum absolute atomic E-state index is 13.4. The van der Waals surface area contributed by atoms with E-state index in [-0.39, 0.29) is 11.4 Å². The Morgan fingerprint density at radius 1 is 1.45 bits per heavy atom. The van der Waals surface area contributed by atoms with Gasteiger partial charge >= 0.3 is 12.0 Å². The van der Waals surface area contributed by atoms with Gasteiger partial charge in [-0.3, -0.25) is 0 Å². The number of carboxylic acids is 1. The second kappa shape index (κ2) is 7.32. The third kappa shape index (κ3) is 4.42. The highest BCUT2D eigenvalue weighted by molar-refractivity contribution is 5.92. The van der Waals surface area contributed by atoms with Crippen molar-refractivity contribution in [2.24, 2.45) is 0 Å². The molecule has 110 valence electrons. The Labute approximate surface area is 115 Å². The maximum atomic E-state index is 13.4. The van der Waals surface area contributed by atoms with Gasteiger partial charge in [-0.25, -0.2) is 14.0 Å². The molecule has 0 saturated heterocycles. The number of carbonyl (C=O) groups excluding carboxylic acids is 1. The molecule has 0 bridgehead atoms. The zero-order valence-electron chi connectivity index (χ0n) is 11.3. The van der Waals surface area contributed by atoms with Crippen molar-refractivity contribution in [3.63, 3.8) is 0 Å². The first-order valence-corrected chi connectivity index (χ1v) is 6.11. The second-order valence-electron chi connectivity index (χ2n) is 4.13. The van der Waals surface area contributed by atoms with Crippen molar-refractivity contribution in [1.82, 2.24) is 5.32 Å². The van der Waals surface area contributed by atoms with Crippen molar-refractivity contribution in [2.45, 2.75) is 25.8 Å². The fourth-order valence-corrected chi connectivity index (χ4v) is 1.62. The highest BCUT2D eigenvalue weighted by Gasteiger charge is 2.18. The van der Waals surface area contributed by atoms with E-state index in [1.807, 2.05) is 6.92 Å². The Morgan fingerprint density at radius 2 is 2.15 bits per heavy atom. The standard InChI is InChI=1S/C13H17FN2O4/c1-3-4-10(12(17)18)16-13(19)15-8-5-6-11(20-2)9(14)7-8/h5-7,10H,3-4H2,1-2H3,(H,17,18)(H2,15,16,19)/t10-/m0/s1. The van der Waals surface area contributed by atoms with Crippen LogP contribution in [0.4, 0.5) is 14.9 Å². The van der Waals surface area contributed by atoms with Crippen molar-refractivity contribution < 1.29 is 23.8 Å². The first kappa shape index (κ1) is 15.7. The minimum Gasteiger partial charge on any atom is -0.494 e. The summed E-state index contributed by atoms with van der Waals surface area (Å²) in [5.74, 6) is -1.66. The van der Waals surface area contributed by atoms with Crippen LogP contribution in [0.3, 0.4) is 0 Å². The van der Waals surface area contributed by atoms with Gasteiger partial charge < -0.3 is 20.5 Å². The van der Waals surface area contributed by atoms with Crippen LogP contribution in [0, 0.1) is 5.82 Å². The lowest BCUT2D eigenvalue weighted by molar-refractivity contribution is -0.139. The molecule has 6 nitrogen and oxygen atoms in total. The number of urea groups is 1. The number of hydrogen-bond acceptors (Lipinski definition) is 3. The second-order valence-corrected chi connectivity index (χ2v) is 4.13. The number of nitrogens with one attached hydrogen (secondary N) is 2. The van der Waals surface area contributed by atoms with E-state index in [0.717, 1.165) is 6.07 Å². The van der Waals surface area contributed by atoms with Crippen LogP contribution in [-0.4, -0.2) is 30.3 Å². The lowest BCUT2D eigenvalue weighted by Crippen LogP contribution is -2.42. The Kier molecular flexibility index (Phi) is 5.76. The lowest BCUT2D eigenvalue weighted by Gasteiger charge is -2.14. The fraction of sp³-hybridized carbons (Fsp3) is 0.385. The first-order valence-electron chi connectivity index (χ1n) is 6.11. The van der Waals surface area contributed by atoms with Crippen molar-refractivity contribution in [3.8, 4) is 5.75 Å². The fourth-order valence-electron chi connectivity index (χ4n) is 1.62. The van der Waals surface area contributed by atoms with Gasteiger partial charge in [-0.05, 0) is 18.6 Å². The maximum Gasteiger partial charge on any atom is 0.326 e. The van der Waals surface area contributed by atoms with Gasteiger partial charge in [-0.15, -0.1) is 0 Å². The van der Waals surface area contributed by atoms with Gasteiger partial charge in [0, 0.05) is 11.8 Å². The molecule has 0 heterocycles. The van der Waals surface area contributed by atoms with E-state index >= 15 is 0 Å². The van der Waals surface area contributed by atoms with Crippen molar-refractivity contribution in [3.05, 3.63) is 24.0 Å². The van der Waals surface area contributed by atoms with Gasteiger partial charge in [-0.1, -0.05) is 13.3 Å². The van der Waals surface area contributed by atoms with Gasteiger partial charge in [0.1, 0.15) is 6.04 Å². The van der Waals surface area contributed by atoms with E-state index in [2.05, 4.69) is 10.6 Å². The number of carbonyl (C=O) groups is 2. The van der Waals surface area contributed by atoms with E-state index in [4.69, 9.17) is 9.84 Å². The van der Waals surface area contributed by atoms with E-state index in [1.54, 1.807) is 0 Å². The normalized spacial score (nSPS) is 11.6. The predicted octanol–water partition coefficient (Wildman–Crippen LogP) is 2.21. The van der Waals surface area contributed by atoms with Crippen LogP contribution < -0.4 is 15.4 Å². The largest absolute Gasteiger partial charge is 0.494 e.